The maximum Gasteiger partial charge on any atom is 0.332 e. The molecule has 3 rings (SSSR count). The zero-order chi connectivity index (χ0) is 14.4. The zero-order valence-electron chi connectivity index (χ0n) is 11.3. The number of imidazole rings is 1. The number of nitrogens with zero attached hydrogens (tertiary/aromatic N) is 4. The molecule has 0 saturated heterocycles. The molecule has 0 aromatic carbocycles. The average molecular weight is 277 g/mol. The Morgan fingerprint density at radius 3 is 2.75 bits per heavy atom. The van der Waals surface area contributed by atoms with Crippen LogP contribution >= 0.6 is 0 Å². The lowest BCUT2D eigenvalue weighted by Gasteiger charge is -2.08. The van der Waals surface area contributed by atoms with Crippen molar-refractivity contribution in [2.75, 3.05) is 0 Å². The van der Waals surface area contributed by atoms with Crippen molar-refractivity contribution in [1.29, 1.82) is 0 Å². The predicted octanol–water partition coefficient (Wildman–Crippen LogP) is -1.29. The number of carbonyl (C=O) groups excluding carboxylic acids is 1. The molecule has 1 amide bonds. The fourth-order valence-electron chi connectivity index (χ4n) is 2.18. The summed E-state index contributed by atoms with van der Waals surface area (Å²) in [5.74, 6) is -0.312. The summed E-state index contributed by atoms with van der Waals surface area (Å²) >= 11 is 0. The molecule has 8 nitrogen and oxygen atoms in total. The molecule has 0 unspecified atom stereocenters. The standard InChI is InChI=1S/C12H15N5O3/c1-15-6-13-10-9(15)11(19)17(12(20)16(10)2)5-8(18)14-7-3-4-7/h6-7H,3-5H2,1-2H3,(H,14,18). The van der Waals surface area contributed by atoms with Crippen LogP contribution in [0.3, 0.4) is 0 Å². The zero-order valence-corrected chi connectivity index (χ0v) is 11.3. The minimum Gasteiger partial charge on any atom is -0.352 e. The molecule has 0 bridgehead atoms. The van der Waals surface area contributed by atoms with Crippen LogP contribution in [0.15, 0.2) is 15.9 Å². The van der Waals surface area contributed by atoms with Gasteiger partial charge in [0.25, 0.3) is 5.56 Å². The third-order valence-corrected chi connectivity index (χ3v) is 3.45. The summed E-state index contributed by atoms with van der Waals surface area (Å²) in [5, 5.41) is 2.76. The molecule has 1 saturated carbocycles. The molecule has 0 radical (unpaired) electrons. The van der Waals surface area contributed by atoms with Gasteiger partial charge in [-0.1, -0.05) is 0 Å². The number of fused-ring (bicyclic) bond motifs is 1. The van der Waals surface area contributed by atoms with Gasteiger partial charge in [-0.2, -0.15) is 0 Å². The second kappa shape index (κ2) is 4.32. The molecule has 1 aliphatic rings. The van der Waals surface area contributed by atoms with Gasteiger partial charge in [-0.15, -0.1) is 0 Å². The number of aromatic nitrogens is 4. The Labute approximate surface area is 113 Å². The first kappa shape index (κ1) is 12.6. The van der Waals surface area contributed by atoms with Crippen LogP contribution in [0.5, 0.6) is 0 Å². The van der Waals surface area contributed by atoms with Crippen molar-refractivity contribution in [1.82, 2.24) is 24.0 Å². The number of nitrogens with one attached hydrogen (secondary N) is 1. The second-order valence-corrected chi connectivity index (χ2v) is 5.10. The molecule has 0 aliphatic heterocycles. The Balaban J connectivity index is 2.09. The van der Waals surface area contributed by atoms with E-state index in [0.717, 1.165) is 17.4 Å². The van der Waals surface area contributed by atoms with Gasteiger partial charge in [0.05, 0.1) is 6.33 Å². The molecule has 2 heterocycles. The number of hydrogen-bond donors (Lipinski definition) is 1. The third-order valence-electron chi connectivity index (χ3n) is 3.45. The van der Waals surface area contributed by atoms with E-state index in [-0.39, 0.29) is 18.5 Å². The number of hydrogen-bond acceptors (Lipinski definition) is 4. The van der Waals surface area contributed by atoms with Gasteiger partial charge >= 0.3 is 5.69 Å². The van der Waals surface area contributed by atoms with Gasteiger partial charge in [-0.05, 0) is 12.8 Å². The van der Waals surface area contributed by atoms with Crippen molar-refractivity contribution in [2.24, 2.45) is 14.1 Å². The van der Waals surface area contributed by atoms with Gasteiger partial charge in [0.15, 0.2) is 11.2 Å². The normalized spacial score (nSPS) is 14.7. The highest BCUT2D eigenvalue weighted by atomic mass is 16.2. The number of rotatable bonds is 3. The molecular weight excluding hydrogens is 262 g/mol. The van der Waals surface area contributed by atoms with E-state index in [1.807, 2.05) is 0 Å². The third kappa shape index (κ3) is 1.93. The van der Waals surface area contributed by atoms with Crippen molar-refractivity contribution in [2.45, 2.75) is 25.4 Å². The van der Waals surface area contributed by atoms with E-state index in [0.29, 0.717) is 11.2 Å². The Kier molecular flexibility index (Phi) is 2.73. The van der Waals surface area contributed by atoms with Gasteiger partial charge < -0.3 is 9.88 Å². The SMILES string of the molecule is Cn1cnc2c1c(=O)n(CC(=O)NC1CC1)c(=O)n2C. The highest BCUT2D eigenvalue weighted by Gasteiger charge is 2.24. The van der Waals surface area contributed by atoms with Crippen LogP contribution < -0.4 is 16.6 Å². The van der Waals surface area contributed by atoms with E-state index in [1.165, 1.54) is 17.9 Å². The molecule has 20 heavy (non-hydrogen) atoms. The van der Waals surface area contributed by atoms with Crippen molar-refractivity contribution in [3.63, 3.8) is 0 Å². The van der Waals surface area contributed by atoms with Crippen LogP contribution in [-0.4, -0.2) is 30.6 Å². The van der Waals surface area contributed by atoms with Gasteiger partial charge in [-0.3, -0.25) is 14.2 Å². The minimum absolute atomic E-state index is 0.197. The van der Waals surface area contributed by atoms with E-state index in [1.54, 1.807) is 11.6 Å². The molecule has 1 aliphatic carbocycles. The fourth-order valence-corrected chi connectivity index (χ4v) is 2.18. The molecule has 2 aromatic heterocycles. The van der Waals surface area contributed by atoms with Crippen molar-refractivity contribution < 1.29 is 4.79 Å². The summed E-state index contributed by atoms with van der Waals surface area (Å²) in [7, 11) is 3.21. The number of carbonyl (C=O) groups is 1. The Bertz CT molecular complexity index is 809. The molecule has 0 atom stereocenters. The topological polar surface area (TPSA) is 90.9 Å². The quantitative estimate of drug-likeness (QED) is 0.756. The number of amides is 1. The van der Waals surface area contributed by atoms with Crippen molar-refractivity contribution >= 4 is 17.1 Å². The summed E-state index contributed by atoms with van der Waals surface area (Å²) in [6.07, 6.45) is 3.39. The van der Waals surface area contributed by atoms with E-state index in [4.69, 9.17) is 0 Å². The Morgan fingerprint density at radius 2 is 2.10 bits per heavy atom. The van der Waals surface area contributed by atoms with Crippen molar-refractivity contribution in [3.8, 4) is 0 Å². The van der Waals surface area contributed by atoms with Crippen LogP contribution in [0, 0.1) is 0 Å². The van der Waals surface area contributed by atoms with Gasteiger partial charge in [-0.25, -0.2) is 14.3 Å². The van der Waals surface area contributed by atoms with Gasteiger partial charge in [0.1, 0.15) is 6.54 Å². The Morgan fingerprint density at radius 1 is 1.40 bits per heavy atom. The molecule has 106 valence electrons. The first-order chi connectivity index (χ1) is 9.49. The highest BCUT2D eigenvalue weighted by Crippen LogP contribution is 2.18. The van der Waals surface area contributed by atoms with Crippen molar-refractivity contribution in [3.05, 3.63) is 27.2 Å². The lowest BCUT2D eigenvalue weighted by molar-refractivity contribution is -0.121. The monoisotopic (exact) mass is 277 g/mol. The van der Waals surface area contributed by atoms with Crippen LogP contribution in [0.4, 0.5) is 0 Å². The van der Waals surface area contributed by atoms with Gasteiger partial charge in [0, 0.05) is 20.1 Å². The van der Waals surface area contributed by atoms with Crippen LogP contribution in [-0.2, 0) is 25.4 Å². The molecule has 2 aromatic rings. The predicted molar refractivity (Wildman–Crippen MR) is 71.4 cm³/mol. The first-order valence-corrected chi connectivity index (χ1v) is 6.39. The average Bonchev–Trinajstić information content (AvgIpc) is 3.12. The lowest BCUT2D eigenvalue weighted by atomic mass is 10.4. The lowest BCUT2D eigenvalue weighted by Crippen LogP contribution is -2.43. The van der Waals surface area contributed by atoms with E-state index in [2.05, 4.69) is 10.3 Å². The Hall–Kier alpha value is -2.38. The van der Waals surface area contributed by atoms with Crippen LogP contribution in [0.25, 0.3) is 11.2 Å². The molecule has 1 fully saturated rings. The van der Waals surface area contributed by atoms with Gasteiger partial charge in [0.2, 0.25) is 5.91 Å². The maximum atomic E-state index is 12.3. The van der Waals surface area contributed by atoms with E-state index >= 15 is 0 Å². The number of aryl methyl sites for hydroxylation is 2. The summed E-state index contributed by atoms with van der Waals surface area (Å²) in [6.45, 7) is -0.261. The summed E-state index contributed by atoms with van der Waals surface area (Å²) in [6, 6.07) is 0.197. The smallest absolute Gasteiger partial charge is 0.332 e. The van der Waals surface area contributed by atoms with Crippen LogP contribution in [0.1, 0.15) is 12.8 Å². The second-order valence-electron chi connectivity index (χ2n) is 5.10. The molecule has 0 spiro atoms. The largest absolute Gasteiger partial charge is 0.352 e. The maximum absolute atomic E-state index is 12.3. The van der Waals surface area contributed by atoms with Crippen LogP contribution in [0.2, 0.25) is 0 Å². The summed E-state index contributed by atoms with van der Waals surface area (Å²) in [4.78, 5) is 40.3. The fraction of sp³-hybridized carbons (Fsp3) is 0.500. The van der Waals surface area contributed by atoms with E-state index in [9.17, 15) is 14.4 Å². The summed E-state index contributed by atoms with van der Waals surface area (Å²) < 4.78 is 3.77. The molecule has 1 N–H and O–H groups in total. The molecule has 8 heteroatoms. The first-order valence-electron chi connectivity index (χ1n) is 6.39. The molecular formula is C12H15N5O3. The summed E-state index contributed by atoms with van der Waals surface area (Å²) in [5.41, 5.74) is -0.395. The minimum atomic E-state index is -0.535. The highest BCUT2D eigenvalue weighted by molar-refractivity contribution is 5.77. The van der Waals surface area contributed by atoms with E-state index < -0.39 is 11.2 Å².